The number of rotatable bonds is 5. The van der Waals surface area contributed by atoms with Gasteiger partial charge in [-0.25, -0.2) is 9.37 Å². The lowest BCUT2D eigenvalue weighted by Crippen LogP contribution is -2.05. The summed E-state index contributed by atoms with van der Waals surface area (Å²) in [6.45, 7) is 0.547. The number of hydrogen-bond acceptors (Lipinski definition) is 5. The topological polar surface area (TPSA) is 59.9 Å². The van der Waals surface area contributed by atoms with Crippen LogP contribution in [0.25, 0.3) is 11.3 Å². The molecule has 116 valence electrons. The molecular weight excluding hydrogens is 295 g/mol. The minimum Gasteiger partial charge on any atom is -0.497 e. The summed E-state index contributed by atoms with van der Waals surface area (Å²) in [7, 11) is 1.63. The molecule has 6 heteroatoms. The maximum Gasteiger partial charge on any atom is 0.243 e. The van der Waals surface area contributed by atoms with E-state index in [1.807, 2.05) is 24.3 Å². The SMILES string of the molecule is COc1cccc(CNc2nncc(-c3ccc(F)cc3)n2)c1. The fourth-order valence-corrected chi connectivity index (χ4v) is 2.10. The lowest BCUT2D eigenvalue weighted by atomic mass is 10.2. The van der Waals surface area contributed by atoms with E-state index in [1.54, 1.807) is 25.4 Å². The average molecular weight is 310 g/mol. The van der Waals surface area contributed by atoms with Gasteiger partial charge in [0, 0.05) is 12.1 Å². The molecule has 23 heavy (non-hydrogen) atoms. The summed E-state index contributed by atoms with van der Waals surface area (Å²) in [5.74, 6) is 0.921. The van der Waals surface area contributed by atoms with E-state index in [1.165, 1.54) is 12.1 Å². The summed E-state index contributed by atoms with van der Waals surface area (Å²) in [6.07, 6.45) is 1.55. The molecule has 0 bridgehead atoms. The number of benzene rings is 2. The average Bonchev–Trinajstić information content (AvgIpc) is 2.61. The number of ether oxygens (including phenoxy) is 1. The van der Waals surface area contributed by atoms with Gasteiger partial charge in [-0.05, 0) is 42.0 Å². The van der Waals surface area contributed by atoms with Crippen LogP contribution in [0, 0.1) is 5.82 Å². The van der Waals surface area contributed by atoms with E-state index in [9.17, 15) is 4.39 Å². The van der Waals surface area contributed by atoms with Crippen LogP contribution in [0.3, 0.4) is 0 Å². The Hall–Kier alpha value is -3.02. The van der Waals surface area contributed by atoms with E-state index in [-0.39, 0.29) is 5.82 Å². The van der Waals surface area contributed by atoms with Gasteiger partial charge in [-0.2, -0.15) is 5.10 Å². The first-order valence-electron chi connectivity index (χ1n) is 7.07. The number of nitrogens with zero attached hydrogens (tertiary/aromatic N) is 3. The standard InChI is InChI=1S/C17H15FN4O/c1-23-15-4-2-3-12(9-15)10-19-17-21-16(11-20-22-17)13-5-7-14(18)8-6-13/h2-9,11H,10H2,1H3,(H,19,21,22). The minimum atomic E-state index is -0.285. The van der Waals surface area contributed by atoms with Crippen molar-refractivity contribution in [3.05, 3.63) is 66.1 Å². The molecule has 0 saturated carbocycles. The molecule has 0 aliphatic carbocycles. The van der Waals surface area contributed by atoms with Crippen LogP contribution in [0.2, 0.25) is 0 Å². The Morgan fingerprint density at radius 3 is 2.74 bits per heavy atom. The van der Waals surface area contributed by atoms with Crippen molar-refractivity contribution in [3.63, 3.8) is 0 Å². The largest absolute Gasteiger partial charge is 0.497 e. The second-order valence-corrected chi connectivity index (χ2v) is 4.88. The predicted octanol–water partition coefficient (Wildman–Crippen LogP) is 3.30. The molecule has 0 radical (unpaired) electrons. The fraction of sp³-hybridized carbons (Fsp3) is 0.118. The van der Waals surface area contributed by atoms with Crippen LogP contribution in [-0.4, -0.2) is 22.3 Å². The van der Waals surface area contributed by atoms with Crippen molar-refractivity contribution < 1.29 is 9.13 Å². The highest BCUT2D eigenvalue weighted by atomic mass is 19.1. The quantitative estimate of drug-likeness (QED) is 0.783. The van der Waals surface area contributed by atoms with E-state index < -0.39 is 0 Å². The smallest absolute Gasteiger partial charge is 0.243 e. The summed E-state index contributed by atoms with van der Waals surface area (Å²) in [6, 6.07) is 13.8. The van der Waals surface area contributed by atoms with E-state index in [4.69, 9.17) is 4.74 Å². The fourth-order valence-electron chi connectivity index (χ4n) is 2.10. The summed E-state index contributed by atoms with van der Waals surface area (Å²) in [4.78, 5) is 4.39. The molecule has 3 rings (SSSR count). The zero-order valence-electron chi connectivity index (χ0n) is 12.5. The molecule has 5 nitrogen and oxygen atoms in total. The third-order valence-corrected chi connectivity index (χ3v) is 3.28. The number of methoxy groups -OCH3 is 1. The van der Waals surface area contributed by atoms with Crippen molar-refractivity contribution in [1.82, 2.24) is 15.2 Å². The lowest BCUT2D eigenvalue weighted by Gasteiger charge is -2.07. The van der Waals surface area contributed by atoms with Crippen LogP contribution in [0.4, 0.5) is 10.3 Å². The minimum absolute atomic E-state index is 0.285. The highest BCUT2D eigenvalue weighted by molar-refractivity contribution is 5.58. The number of anilines is 1. The zero-order chi connectivity index (χ0) is 16.1. The Morgan fingerprint density at radius 1 is 1.13 bits per heavy atom. The number of aromatic nitrogens is 3. The molecule has 0 unspecified atom stereocenters. The second kappa shape index (κ2) is 6.83. The Labute approximate surface area is 133 Å². The summed E-state index contributed by atoms with van der Waals surface area (Å²) >= 11 is 0. The molecule has 0 aliphatic rings. The van der Waals surface area contributed by atoms with E-state index in [0.717, 1.165) is 16.9 Å². The molecule has 0 fully saturated rings. The third-order valence-electron chi connectivity index (χ3n) is 3.28. The van der Waals surface area contributed by atoms with Crippen molar-refractivity contribution in [3.8, 4) is 17.0 Å². The normalized spacial score (nSPS) is 10.3. The van der Waals surface area contributed by atoms with Crippen LogP contribution in [0.1, 0.15) is 5.56 Å². The van der Waals surface area contributed by atoms with Gasteiger partial charge in [0.2, 0.25) is 5.95 Å². The van der Waals surface area contributed by atoms with Gasteiger partial charge in [0.05, 0.1) is 19.0 Å². The molecular formula is C17H15FN4O. The molecule has 2 aromatic carbocycles. The van der Waals surface area contributed by atoms with E-state index in [0.29, 0.717) is 18.2 Å². The van der Waals surface area contributed by atoms with Crippen molar-refractivity contribution in [2.75, 3.05) is 12.4 Å². The van der Waals surface area contributed by atoms with Gasteiger partial charge in [0.1, 0.15) is 11.6 Å². The molecule has 0 aliphatic heterocycles. The maximum absolute atomic E-state index is 13.0. The lowest BCUT2D eigenvalue weighted by molar-refractivity contribution is 0.414. The molecule has 0 amide bonds. The molecule has 0 saturated heterocycles. The van der Waals surface area contributed by atoms with Gasteiger partial charge in [0.15, 0.2) is 0 Å². The summed E-state index contributed by atoms with van der Waals surface area (Å²) in [5.41, 5.74) is 2.46. The highest BCUT2D eigenvalue weighted by Crippen LogP contribution is 2.18. The molecule has 3 aromatic rings. The Morgan fingerprint density at radius 2 is 1.96 bits per heavy atom. The maximum atomic E-state index is 13.0. The van der Waals surface area contributed by atoms with Gasteiger partial charge < -0.3 is 10.1 Å². The Bertz CT molecular complexity index is 793. The van der Waals surface area contributed by atoms with Crippen molar-refractivity contribution in [2.24, 2.45) is 0 Å². The molecule has 0 atom stereocenters. The van der Waals surface area contributed by atoms with Gasteiger partial charge in [-0.1, -0.05) is 12.1 Å². The Balaban J connectivity index is 1.73. The van der Waals surface area contributed by atoms with E-state index in [2.05, 4.69) is 20.5 Å². The molecule has 1 N–H and O–H groups in total. The van der Waals surface area contributed by atoms with Crippen molar-refractivity contribution in [2.45, 2.75) is 6.54 Å². The van der Waals surface area contributed by atoms with Gasteiger partial charge in [-0.15, -0.1) is 5.10 Å². The molecule has 0 spiro atoms. The van der Waals surface area contributed by atoms with Crippen LogP contribution in [0.5, 0.6) is 5.75 Å². The summed E-state index contributed by atoms with van der Waals surface area (Å²) in [5, 5.41) is 11.0. The summed E-state index contributed by atoms with van der Waals surface area (Å²) < 4.78 is 18.2. The first-order chi connectivity index (χ1) is 11.2. The van der Waals surface area contributed by atoms with Crippen LogP contribution in [-0.2, 0) is 6.54 Å². The van der Waals surface area contributed by atoms with Crippen LogP contribution >= 0.6 is 0 Å². The second-order valence-electron chi connectivity index (χ2n) is 4.88. The number of halogens is 1. The number of nitrogens with one attached hydrogen (secondary N) is 1. The Kier molecular flexibility index (Phi) is 4.42. The van der Waals surface area contributed by atoms with Gasteiger partial charge in [0.25, 0.3) is 0 Å². The molecule has 1 heterocycles. The zero-order valence-corrected chi connectivity index (χ0v) is 12.5. The van der Waals surface area contributed by atoms with Crippen LogP contribution < -0.4 is 10.1 Å². The van der Waals surface area contributed by atoms with E-state index >= 15 is 0 Å². The first-order valence-corrected chi connectivity index (χ1v) is 7.07. The van der Waals surface area contributed by atoms with Crippen molar-refractivity contribution in [1.29, 1.82) is 0 Å². The monoisotopic (exact) mass is 310 g/mol. The molecule has 1 aromatic heterocycles. The van der Waals surface area contributed by atoms with Gasteiger partial charge >= 0.3 is 0 Å². The van der Waals surface area contributed by atoms with Crippen LogP contribution in [0.15, 0.2) is 54.7 Å². The van der Waals surface area contributed by atoms with Crippen molar-refractivity contribution >= 4 is 5.95 Å². The predicted molar refractivity (Wildman–Crippen MR) is 85.5 cm³/mol. The number of hydrogen-bond donors (Lipinski definition) is 1. The highest BCUT2D eigenvalue weighted by Gasteiger charge is 2.04. The first kappa shape index (κ1) is 14.9. The third kappa shape index (κ3) is 3.79. The van der Waals surface area contributed by atoms with Gasteiger partial charge in [-0.3, -0.25) is 0 Å².